The molecular formula is C22H23N5O2. The molecular weight excluding hydrogens is 366 g/mol. The lowest BCUT2D eigenvalue weighted by Crippen LogP contribution is -2.15. The quantitative estimate of drug-likeness (QED) is 0.603. The van der Waals surface area contributed by atoms with E-state index in [1.54, 1.807) is 25.1 Å². The highest BCUT2D eigenvalue weighted by atomic mass is 16.2. The maximum absolute atomic E-state index is 12.7. The molecule has 0 spiro atoms. The van der Waals surface area contributed by atoms with Gasteiger partial charge in [0, 0.05) is 30.1 Å². The minimum Gasteiger partial charge on any atom is -0.340 e. The summed E-state index contributed by atoms with van der Waals surface area (Å²) < 4.78 is 0. The van der Waals surface area contributed by atoms with Crippen molar-refractivity contribution < 1.29 is 9.59 Å². The van der Waals surface area contributed by atoms with Crippen molar-refractivity contribution in [3.05, 3.63) is 71.2 Å². The lowest BCUT2D eigenvalue weighted by Gasteiger charge is -2.11. The van der Waals surface area contributed by atoms with Gasteiger partial charge in [-0.25, -0.2) is 9.97 Å². The lowest BCUT2D eigenvalue weighted by molar-refractivity contribution is -0.114. The maximum Gasteiger partial charge on any atom is 0.274 e. The first kappa shape index (κ1) is 20.0. The smallest absolute Gasteiger partial charge is 0.274 e. The summed E-state index contributed by atoms with van der Waals surface area (Å²) in [6.45, 7) is 7.20. The third-order valence-corrected chi connectivity index (χ3v) is 4.29. The average Bonchev–Trinajstić information content (AvgIpc) is 2.64. The van der Waals surface area contributed by atoms with E-state index in [2.05, 4.69) is 25.9 Å². The molecule has 0 unspecified atom stereocenters. The summed E-state index contributed by atoms with van der Waals surface area (Å²) >= 11 is 0. The highest BCUT2D eigenvalue weighted by Gasteiger charge is 2.12. The first-order chi connectivity index (χ1) is 13.8. The van der Waals surface area contributed by atoms with Crippen LogP contribution in [0.3, 0.4) is 0 Å². The molecule has 0 aliphatic carbocycles. The summed E-state index contributed by atoms with van der Waals surface area (Å²) in [5, 5.41) is 8.75. The van der Waals surface area contributed by atoms with Crippen LogP contribution < -0.4 is 16.0 Å². The molecule has 0 saturated heterocycles. The fourth-order valence-corrected chi connectivity index (χ4v) is 2.79. The van der Waals surface area contributed by atoms with Gasteiger partial charge in [0.2, 0.25) is 5.91 Å². The minimum atomic E-state index is -0.311. The Morgan fingerprint density at radius 1 is 0.793 bits per heavy atom. The number of aryl methyl sites for hydroxylation is 3. The van der Waals surface area contributed by atoms with Gasteiger partial charge in [-0.1, -0.05) is 12.1 Å². The Labute approximate surface area is 169 Å². The zero-order valence-electron chi connectivity index (χ0n) is 16.8. The Hall–Kier alpha value is -3.74. The number of hydrogen-bond acceptors (Lipinski definition) is 5. The molecule has 3 rings (SSSR count). The van der Waals surface area contributed by atoms with Gasteiger partial charge in [-0.15, -0.1) is 0 Å². The van der Waals surface area contributed by atoms with E-state index in [0.29, 0.717) is 23.0 Å². The van der Waals surface area contributed by atoms with Crippen LogP contribution in [-0.4, -0.2) is 21.8 Å². The van der Waals surface area contributed by atoms with Gasteiger partial charge < -0.3 is 16.0 Å². The molecule has 2 amide bonds. The van der Waals surface area contributed by atoms with Gasteiger partial charge in [-0.2, -0.15) is 0 Å². The molecule has 148 valence electrons. The van der Waals surface area contributed by atoms with Crippen molar-refractivity contribution in [3.8, 4) is 0 Å². The van der Waals surface area contributed by atoms with Crippen molar-refractivity contribution in [2.24, 2.45) is 0 Å². The summed E-state index contributed by atoms with van der Waals surface area (Å²) in [4.78, 5) is 32.5. The second kappa shape index (κ2) is 8.52. The van der Waals surface area contributed by atoms with E-state index in [0.717, 1.165) is 16.8 Å². The van der Waals surface area contributed by atoms with Gasteiger partial charge in [0.1, 0.15) is 17.3 Å². The second-order valence-corrected chi connectivity index (χ2v) is 6.83. The molecule has 0 radical (unpaired) electrons. The van der Waals surface area contributed by atoms with Crippen molar-refractivity contribution in [3.63, 3.8) is 0 Å². The van der Waals surface area contributed by atoms with E-state index in [1.807, 2.05) is 44.2 Å². The number of amides is 2. The zero-order chi connectivity index (χ0) is 21.0. The van der Waals surface area contributed by atoms with Crippen LogP contribution in [0.1, 0.15) is 34.4 Å². The van der Waals surface area contributed by atoms with Crippen LogP contribution in [0.4, 0.5) is 22.9 Å². The number of rotatable bonds is 5. The standard InChI is InChI=1S/C22H23N5O2/c1-13-8-9-19(10-14(13)2)27-22(29)20-12-21(24-15(3)23-20)26-18-7-5-6-17(11-18)25-16(4)28/h5-12H,1-4H3,(H,25,28)(H,27,29)(H,23,24,26). The monoisotopic (exact) mass is 389 g/mol. The van der Waals surface area contributed by atoms with Crippen LogP contribution in [0.5, 0.6) is 0 Å². The van der Waals surface area contributed by atoms with Crippen molar-refractivity contribution in [2.45, 2.75) is 27.7 Å². The molecule has 2 aromatic carbocycles. The molecule has 7 heteroatoms. The van der Waals surface area contributed by atoms with E-state index in [-0.39, 0.29) is 17.5 Å². The fraction of sp³-hybridized carbons (Fsp3) is 0.182. The van der Waals surface area contributed by atoms with Crippen molar-refractivity contribution in [1.82, 2.24) is 9.97 Å². The average molecular weight is 389 g/mol. The van der Waals surface area contributed by atoms with Crippen molar-refractivity contribution in [2.75, 3.05) is 16.0 Å². The van der Waals surface area contributed by atoms with Gasteiger partial charge in [-0.05, 0) is 62.2 Å². The highest BCUT2D eigenvalue weighted by molar-refractivity contribution is 6.03. The van der Waals surface area contributed by atoms with Crippen LogP contribution in [0.15, 0.2) is 48.5 Å². The predicted octanol–water partition coefficient (Wildman–Crippen LogP) is 4.36. The van der Waals surface area contributed by atoms with E-state index in [9.17, 15) is 9.59 Å². The number of hydrogen-bond donors (Lipinski definition) is 3. The Balaban J connectivity index is 1.79. The van der Waals surface area contributed by atoms with Gasteiger partial charge in [0.25, 0.3) is 5.91 Å². The van der Waals surface area contributed by atoms with E-state index in [4.69, 9.17) is 0 Å². The maximum atomic E-state index is 12.7. The highest BCUT2D eigenvalue weighted by Crippen LogP contribution is 2.20. The number of carbonyl (C=O) groups excluding carboxylic acids is 2. The molecule has 0 aliphatic heterocycles. The molecule has 7 nitrogen and oxygen atoms in total. The van der Waals surface area contributed by atoms with Crippen molar-refractivity contribution in [1.29, 1.82) is 0 Å². The summed E-state index contributed by atoms with van der Waals surface area (Å²) in [6.07, 6.45) is 0. The van der Waals surface area contributed by atoms with Gasteiger partial charge in [0.15, 0.2) is 0 Å². The zero-order valence-corrected chi connectivity index (χ0v) is 16.8. The Kier molecular flexibility index (Phi) is 5.87. The van der Waals surface area contributed by atoms with Crippen LogP contribution in [0, 0.1) is 20.8 Å². The Morgan fingerprint density at radius 2 is 1.52 bits per heavy atom. The lowest BCUT2D eigenvalue weighted by atomic mass is 10.1. The number of nitrogens with zero attached hydrogens (tertiary/aromatic N) is 2. The SMILES string of the molecule is CC(=O)Nc1cccc(Nc2cc(C(=O)Nc3ccc(C)c(C)c3)nc(C)n2)c1. The number of carbonyl (C=O) groups is 2. The van der Waals surface area contributed by atoms with E-state index in [1.165, 1.54) is 6.92 Å². The molecule has 1 aromatic heterocycles. The number of aromatic nitrogens is 2. The number of anilines is 4. The Bertz CT molecular complexity index is 1080. The predicted molar refractivity (Wildman–Crippen MR) is 115 cm³/mol. The van der Waals surface area contributed by atoms with Crippen molar-refractivity contribution >= 4 is 34.7 Å². The summed E-state index contributed by atoms with van der Waals surface area (Å²) in [5.41, 5.74) is 4.64. The molecule has 0 bridgehead atoms. The largest absolute Gasteiger partial charge is 0.340 e. The van der Waals surface area contributed by atoms with Crippen LogP contribution in [-0.2, 0) is 4.79 Å². The summed E-state index contributed by atoms with van der Waals surface area (Å²) in [7, 11) is 0. The number of benzene rings is 2. The van der Waals surface area contributed by atoms with Gasteiger partial charge in [-0.3, -0.25) is 9.59 Å². The van der Waals surface area contributed by atoms with Gasteiger partial charge >= 0.3 is 0 Å². The molecule has 0 saturated carbocycles. The van der Waals surface area contributed by atoms with E-state index >= 15 is 0 Å². The fourth-order valence-electron chi connectivity index (χ4n) is 2.79. The molecule has 3 N–H and O–H groups in total. The molecule has 0 atom stereocenters. The third kappa shape index (κ3) is 5.38. The topological polar surface area (TPSA) is 96.0 Å². The second-order valence-electron chi connectivity index (χ2n) is 6.83. The first-order valence-corrected chi connectivity index (χ1v) is 9.19. The summed E-state index contributed by atoms with van der Waals surface area (Å²) in [5.74, 6) is 0.500. The summed E-state index contributed by atoms with van der Waals surface area (Å²) in [6, 6.07) is 14.6. The Morgan fingerprint density at radius 3 is 2.24 bits per heavy atom. The first-order valence-electron chi connectivity index (χ1n) is 9.19. The number of nitrogens with one attached hydrogen (secondary N) is 3. The molecule has 29 heavy (non-hydrogen) atoms. The third-order valence-electron chi connectivity index (χ3n) is 4.29. The molecule has 0 aliphatic rings. The normalized spacial score (nSPS) is 10.3. The van der Waals surface area contributed by atoms with Crippen LogP contribution in [0.25, 0.3) is 0 Å². The molecule has 3 aromatic rings. The van der Waals surface area contributed by atoms with Gasteiger partial charge in [0.05, 0.1) is 0 Å². The van der Waals surface area contributed by atoms with Crippen LogP contribution >= 0.6 is 0 Å². The minimum absolute atomic E-state index is 0.148. The molecule has 1 heterocycles. The molecule has 0 fully saturated rings. The van der Waals surface area contributed by atoms with Crippen LogP contribution in [0.2, 0.25) is 0 Å². The van der Waals surface area contributed by atoms with E-state index < -0.39 is 0 Å².